The van der Waals surface area contributed by atoms with Crippen molar-refractivity contribution in [3.05, 3.63) is 0 Å². The van der Waals surface area contributed by atoms with Crippen LogP contribution < -0.4 is 10.6 Å². The second-order valence-corrected chi connectivity index (χ2v) is 3.51. The maximum absolute atomic E-state index is 11.0. The third-order valence-electron chi connectivity index (χ3n) is 2.23. The molecule has 4 heteroatoms. The maximum atomic E-state index is 11.0. The first-order valence-corrected chi connectivity index (χ1v) is 4.89. The molecule has 1 amide bonds. The first-order chi connectivity index (χ1) is 6.22. The van der Waals surface area contributed by atoms with Crippen molar-refractivity contribution in [2.45, 2.75) is 32.9 Å². The Morgan fingerprint density at radius 2 is 2.38 bits per heavy atom. The number of nitrogens with one attached hydrogen (secondary N) is 2. The van der Waals surface area contributed by atoms with E-state index in [1.165, 1.54) is 0 Å². The van der Waals surface area contributed by atoms with Crippen LogP contribution in [0.25, 0.3) is 0 Å². The van der Waals surface area contributed by atoms with E-state index in [4.69, 9.17) is 4.74 Å². The molecule has 4 nitrogen and oxygen atoms in total. The van der Waals surface area contributed by atoms with Gasteiger partial charge in [-0.1, -0.05) is 6.92 Å². The molecule has 2 atom stereocenters. The summed E-state index contributed by atoms with van der Waals surface area (Å²) in [4.78, 5) is 11.0. The molecule has 0 spiro atoms. The molecule has 2 N–H and O–H groups in total. The van der Waals surface area contributed by atoms with Crippen LogP contribution in [0.15, 0.2) is 0 Å². The number of alkyl carbamates (subject to hydrolysis) is 1. The van der Waals surface area contributed by atoms with Crippen LogP contribution in [0.3, 0.4) is 0 Å². The van der Waals surface area contributed by atoms with Crippen LogP contribution in [0, 0.1) is 5.92 Å². The largest absolute Gasteiger partial charge is 0.450 e. The van der Waals surface area contributed by atoms with Crippen LogP contribution in [-0.4, -0.2) is 25.4 Å². The molecule has 0 unspecified atom stereocenters. The van der Waals surface area contributed by atoms with Crippen LogP contribution in [0.1, 0.15) is 26.7 Å². The van der Waals surface area contributed by atoms with Crippen molar-refractivity contribution in [2.24, 2.45) is 5.92 Å². The first-order valence-electron chi connectivity index (χ1n) is 4.89. The summed E-state index contributed by atoms with van der Waals surface area (Å²) in [7, 11) is 0. The van der Waals surface area contributed by atoms with Crippen LogP contribution in [-0.2, 0) is 4.74 Å². The summed E-state index contributed by atoms with van der Waals surface area (Å²) in [6, 6.07) is 0. The fourth-order valence-electron chi connectivity index (χ4n) is 1.44. The van der Waals surface area contributed by atoms with Crippen LogP contribution in [0.2, 0.25) is 0 Å². The molecule has 1 heterocycles. The highest BCUT2D eigenvalue weighted by Gasteiger charge is 2.18. The number of amides is 1. The van der Waals surface area contributed by atoms with Crippen molar-refractivity contribution in [1.82, 2.24) is 10.6 Å². The van der Waals surface area contributed by atoms with Gasteiger partial charge in [0.25, 0.3) is 0 Å². The van der Waals surface area contributed by atoms with E-state index in [2.05, 4.69) is 17.6 Å². The molecule has 0 aromatic heterocycles. The molecule has 1 saturated heterocycles. The van der Waals surface area contributed by atoms with Crippen molar-refractivity contribution < 1.29 is 9.53 Å². The van der Waals surface area contributed by atoms with Gasteiger partial charge in [-0.15, -0.1) is 0 Å². The highest BCUT2D eigenvalue weighted by atomic mass is 16.5. The molecule has 0 bridgehead atoms. The van der Waals surface area contributed by atoms with E-state index in [1.807, 2.05) is 0 Å². The maximum Gasteiger partial charge on any atom is 0.408 e. The summed E-state index contributed by atoms with van der Waals surface area (Å²) in [5.41, 5.74) is 0. The predicted molar refractivity (Wildman–Crippen MR) is 50.3 cm³/mol. The second-order valence-electron chi connectivity index (χ2n) is 3.51. The Morgan fingerprint density at radius 1 is 1.62 bits per heavy atom. The molecule has 0 radical (unpaired) electrons. The van der Waals surface area contributed by atoms with E-state index < -0.39 is 0 Å². The summed E-state index contributed by atoms with van der Waals surface area (Å²) in [6.07, 6.45) is 1.91. The number of carbonyl (C=O) groups excluding carboxylic acids is 1. The molecule has 0 aromatic carbocycles. The van der Waals surface area contributed by atoms with Crippen LogP contribution in [0.5, 0.6) is 0 Å². The van der Waals surface area contributed by atoms with Crippen molar-refractivity contribution in [2.75, 3.05) is 13.2 Å². The molecule has 0 aromatic rings. The summed E-state index contributed by atoms with van der Waals surface area (Å²) in [5.74, 6) is 0.709. The molecule has 76 valence electrons. The smallest absolute Gasteiger partial charge is 0.408 e. The van der Waals surface area contributed by atoms with Gasteiger partial charge >= 0.3 is 6.09 Å². The summed E-state index contributed by atoms with van der Waals surface area (Å²) in [6.45, 7) is 5.40. The van der Waals surface area contributed by atoms with E-state index in [1.54, 1.807) is 6.92 Å². The van der Waals surface area contributed by atoms with E-state index in [9.17, 15) is 4.79 Å². The normalized spacial score (nSPS) is 28.2. The molecule has 13 heavy (non-hydrogen) atoms. The van der Waals surface area contributed by atoms with Crippen molar-refractivity contribution in [3.63, 3.8) is 0 Å². The van der Waals surface area contributed by atoms with Gasteiger partial charge in [0.05, 0.1) is 12.8 Å². The lowest BCUT2D eigenvalue weighted by Crippen LogP contribution is -2.49. The standard InChI is InChI=1S/C9H18N2O2/c1-3-13-9(12)11-8-5-4-7(2)6-10-8/h7-8,10H,3-6H2,1-2H3,(H,11,12)/t7-,8+/m0/s1. The Labute approximate surface area is 79.0 Å². The van der Waals surface area contributed by atoms with Gasteiger partial charge in [-0.3, -0.25) is 5.32 Å². The minimum atomic E-state index is -0.324. The van der Waals surface area contributed by atoms with Crippen LogP contribution in [0.4, 0.5) is 4.79 Å². The molecular formula is C9H18N2O2. The Balaban J connectivity index is 2.18. The zero-order valence-corrected chi connectivity index (χ0v) is 8.30. The number of carbonyl (C=O) groups is 1. The third-order valence-corrected chi connectivity index (χ3v) is 2.23. The van der Waals surface area contributed by atoms with Crippen molar-refractivity contribution >= 4 is 6.09 Å². The summed E-state index contributed by atoms with van der Waals surface area (Å²) >= 11 is 0. The van der Waals surface area contributed by atoms with E-state index >= 15 is 0 Å². The summed E-state index contributed by atoms with van der Waals surface area (Å²) < 4.78 is 4.78. The average Bonchev–Trinajstić information content (AvgIpc) is 2.09. The monoisotopic (exact) mass is 186 g/mol. The van der Waals surface area contributed by atoms with Gasteiger partial charge in [-0.2, -0.15) is 0 Å². The van der Waals surface area contributed by atoms with Crippen molar-refractivity contribution in [3.8, 4) is 0 Å². The van der Waals surface area contributed by atoms with Crippen LogP contribution >= 0.6 is 0 Å². The lowest BCUT2D eigenvalue weighted by molar-refractivity contribution is 0.141. The molecule has 1 rings (SSSR count). The fraction of sp³-hybridized carbons (Fsp3) is 0.889. The minimum absolute atomic E-state index is 0.0928. The fourth-order valence-corrected chi connectivity index (χ4v) is 1.44. The lowest BCUT2D eigenvalue weighted by atomic mass is 10.0. The zero-order chi connectivity index (χ0) is 9.68. The second kappa shape index (κ2) is 5.07. The minimum Gasteiger partial charge on any atom is -0.450 e. The highest BCUT2D eigenvalue weighted by Crippen LogP contribution is 2.11. The molecular weight excluding hydrogens is 168 g/mol. The van der Waals surface area contributed by atoms with Gasteiger partial charge < -0.3 is 10.1 Å². The Bertz CT molecular complexity index is 165. The summed E-state index contributed by atoms with van der Waals surface area (Å²) in [5, 5.41) is 6.01. The van der Waals surface area contributed by atoms with Gasteiger partial charge in [0.2, 0.25) is 0 Å². The third kappa shape index (κ3) is 3.63. The topological polar surface area (TPSA) is 50.4 Å². The number of hydrogen-bond acceptors (Lipinski definition) is 3. The highest BCUT2D eigenvalue weighted by molar-refractivity contribution is 5.67. The van der Waals surface area contributed by atoms with Gasteiger partial charge in [0.1, 0.15) is 0 Å². The van der Waals surface area contributed by atoms with Crippen molar-refractivity contribution in [1.29, 1.82) is 0 Å². The van der Waals surface area contributed by atoms with Gasteiger partial charge in [-0.25, -0.2) is 4.79 Å². The average molecular weight is 186 g/mol. The van der Waals surface area contributed by atoms with Gasteiger partial charge in [0.15, 0.2) is 0 Å². The number of ether oxygens (including phenoxy) is 1. The molecule has 0 saturated carbocycles. The van der Waals surface area contributed by atoms with E-state index in [0.717, 1.165) is 19.4 Å². The van der Waals surface area contributed by atoms with Gasteiger partial charge in [0, 0.05) is 0 Å². The molecule has 0 aliphatic carbocycles. The number of hydrogen-bond donors (Lipinski definition) is 2. The first kappa shape index (κ1) is 10.3. The van der Waals surface area contributed by atoms with Gasteiger partial charge in [-0.05, 0) is 32.2 Å². The SMILES string of the molecule is CCOC(=O)N[C@@H]1CC[C@H](C)CN1. The quantitative estimate of drug-likeness (QED) is 0.678. The molecule has 1 aliphatic rings. The molecule has 1 fully saturated rings. The Morgan fingerprint density at radius 3 is 2.92 bits per heavy atom. The Hall–Kier alpha value is -0.770. The number of piperidine rings is 1. The zero-order valence-electron chi connectivity index (χ0n) is 8.30. The molecule has 1 aliphatic heterocycles. The van der Waals surface area contributed by atoms with E-state index in [-0.39, 0.29) is 12.3 Å². The van der Waals surface area contributed by atoms with E-state index in [0.29, 0.717) is 12.5 Å². The predicted octanol–water partition coefficient (Wildman–Crippen LogP) is 1.08. The number of rotatable bonds is 2. The lowest BCUT2D eigenvalue weighted by Gasteiger charge is -2.27. The Kier molecular flexibility index (Phi) is 4.02.